The first kappa shape index (κ1) is 22.6. The van der Waals surface area contributed by atoms with Gasteiger partial charge in [0.15, 0.2) is 11.4 Å². The van der Waals surface area contributed by atoms with Gasteiger partial charge in [-0.3, -0.25) is 4.79 Å². The molecule has 0 spiro atoms. The number of rotatable bonds is 10. The van der Waals surface area contributed by atoms with Crippen molar-refractivity contribution in [3.05, 3.63) is 35.4 Å². The summed E-state index contributed by atoms with van der Waals surface area (Å²) in [4.78, 5) is 31.9. The van der Waals surface area contributed by atoms with Crippen LogP contribution in [0.2, 0.25) is 0 Å². The predicted octanol–water partition coefficient (Wildman–Crippen LogP) is 1.70. The topological polar surface area (TPSA) is 115 Å². The number of carbonyl (C=O) groups is 1. The van der Waals surface area contributed by atoms with Gasteiger partial charge >= 0.3 is 0 Å². The van der Waals surface area contributed by atoms with Crippen LogP contribution in [-0.4, -0.2) is 57.1 Å². The molecule has 0 aromatic heterocycles. The van der Waals surface area contributed by atoms with Crippen LogP contribution in [0.1, 0.15) is 25.0 Å². The Morgan fingerprint density at radius 3 is 2.14 bits per heavy atom. The lowest BCUT2D eigenvalue weighted by Gasteiger charge is -2.10. The van der Waals surface area contributed by atoms with Gasteiger partial charge in [0.25, 0.3) is 5.91 Å². The van der Waals surface area contributed by atoms with Crippen molar-refractivity contribution in [2.75, 3.05) is 28.4 Å². The largest absolute Gasteiger partial charge is 0.399 e. The minimum absolute atomic E-state index is 0.0912. The number of hydrogen-bond donors (Lipinski definition) is 1. The molecule has 0 radical (unpaired) electrons. The maximum absolute atomic E-state index is 12.1. The average Bonchev–Trinajstić information content (AvgIpc) is 2.70. The van der Waals surface area contributed by atoms with E-state index in [0.29, 0.717) is 28.3 Å². The molecule has 0 aliphatic carbocycles. The number of oxime groups is 4. The van der Waals surface area contributed by atoms with Crippen LogP contribution >= 0.6 is 0 Å². The van der Waals surface area contributed by atoms with Crippen molar-refractivity contribution < 1.29 is 24.1 Å². The van der Waals surface area contributed by atoms with E-state index >= 15 is 0 Å². The molecule has 0 heterocycles. The normalized spacial score (nSPS) is 13.1. The Balaban J connectivity index is 3.06. The molecule has 10 nitrogen and oxygen atoms in total. The Labute approximate surface area is 163 Å². The molecule has 0 saturated carbocycles. The maximum atomic E-state index is 12.1. The van der Waals surface area contributed by atoms with Gasteiger partial charge in [-0.15, -0.1) is 0 Å². The highest BCUT2D eigenvalue weighted by atomic mass is 16.6. The zero-order valence-corrected chi connectivity index (χ0v) is 16.8. The van der Waals surface area contributed by atoms with E-state index in [-0.39, 0.29) is 18.2 Å². The zero-order valence-electron chi connectivity index (χ0n) is 16.8. The van der Waals surface area contributed by atoms with Crippen molar-refractivity contribution in [2.45, 2.75) is 20.5 Å². The predicted molar refractivity (Wildman–Crippen MR) is 107 cm³/mol. The van der Waals surface area contributed by atoms with E-state index in [1.165, 1.54) is 28.4 Å². The number of nitrogens with zero attached hydrogens (tertiary/aromatic N) is 4. The van der Waals surface area contributed by atoms with Crippen LogP contribution in [0, 0.1) is 0 Å². The Morgan fingerprint density at radius 1 is 0.929 bits per heavy atom. The Kier molecular flexibility index (Phi) is 9.73. The molecule has 1 N–H and O–H groups in total. The van der Waals surface area contributed by atoms with E-state index in [0.717, 1.165) is 0 Å². The molecule has 1 rings (SSSR count). The van der Waals surface area contributed by atoms with Crippen molar-refractivity contribution in [2.24, 2.45) is 20.6 Å². The highest BCUT2D eigenvalue weighted by molar-refractivity contribution is 6.67. The van der Waals surface area contributed by atoms with Gasteiger partial charge in [-0.25, -0.2) is 0 Å². The first-order valence-corrected chi connectivity index (χ1v) is 8.27. The molecular formula is C18H25N5O5. The molecule has 0 atom stereocenters. The van der Waals surface area contributed by atoms with Crippen LogP contribution in [0.3, 0.4) is 0 Å². The van der Waals surface area contributed by atoms with Crippen LogP contribution in [0.15, 0.2) is 44.9 Å². The molecule has 0 aliphatic rings. The third-order valence-electron chi connectivity index (χ3n) is 3.41. The number of carbonyl (C=O) groups excluding carboxylic acids is 1. The molecule has 0 fully saturated rings. The fourth-order valence-electron chi connectivity index (χ4n) is 2.21. The Bertz CT molecular complexity index is 786. The van der Waals surface area contributed by atoms with E-state index in [4.69, 9.17) is 19.4 Å². The highest BCUT2D eigenvalue weighted by Gasteiger charge is 2.17. The van der Waals surface area contributed by atoms with Gasteiger partial charge in [-0.05, 0) is 13.8 Å². The van der Waals surface area contributed by atoms with Gasteiger partial charge in [0.1, 0.15) is 39.4 Å². The van der Waals surface area contributed by atoms with Crippen molar-refractivity contribution in [3.63, 3.8) is 0 Å². The maximum Gasteiger partial charge on any atom is 0.273 e. The molecule has 1 aromatic carbocycles. The molecule has 1 amide bonds. The first-order chi connectivity index (χ1) is 13.5. The number of hydrogen-bond acceptors (Lipinski definition) is 9. The molecule has 0 saturated heterocycles. The average molecular weight is 391 g/mol. The number of likely N-dealkylation sites (N-methyl/N-ethyl adjacent to an activating group) is 1. The summed E-state index contributed by atoms with van der Waals surface area (Å²) < 4.78 is 0. The lowest BCUT2D eigenvalue weighted by molar-refractivity contribution is -0.114. The van der Waals surface area contributed by atoms with Crippen LogP contribution in [0.5, 0.6) is 0 Å². The van der Waals surface area contributed by atoms with Crippen LogP contribution in [-0.2, 0) is 30.8 Å². The van der Waals surface area contributed by atoms with E-state index in [2.05, 4.69) is 25.9 Å². The molecule has 28 heavy (non-hydrogen) atoms. The zero-order chi connectivity index (χ0) is 20.9. The summed E-state index contributed by atoms with van der Waals surface area (Å²) in [6.07, 6.45) is 0. The van der Waals surface area contributed by atoms with Crippen molar-refractivity contribution in [1.29, 1.82) is 0 Å². The second-order valence-corrected chi connectivity index (χ2v) is 5.29. The van der Waals surface area contributed by atoms with Gasteiger partial charge < -0.3 is 24.7 Å². The molecule has 10 heteroatoms. The summed E-state index contributed by atoms with van der Waals surface area (Å²) in [5.74, 6) is -0.380. The van der Waals surface area contributed by atoms with Gasteiger partial charge in [0, 0.05) is 18.2 Å². The third kappa shape index (κ3) is 6.38. The first-order valence-electron chi connectivity index (χ1n) is 8.27. The second kappa shape index (κ2) is 12.0. The number of benzene rings is 1. The van der Waals surface area contributed by atoms with Crippen molar-refractivity contribution in [3.8, 4) is 0 Å². The van der Waals surface area contributed by atoms with Gasteiger partial charge in [0.05, 0.1) is 0 Å². The fourth-order valence-corrected chi connectivity index (χ4v) is 2.21. The van der Waals surface area contributed by atoms with E-state index < -0.39 is 0 Å². The molecular weight excluding hydrogens is 366 g/mol. The monoisotopic (exact) mass is 391 g/mol. The minimum Gasteiger partial charge on any atom is -0.399 e. The lowest BCUT2D eigenvalue weighted by Crippen LogP contribution is -2.29. The summed E-state index contributed by atoms with van der Waals surface area (Å²) in [6, 6.07) is 7.15. The second-order valence-electron chi connectivity index (χ2n) is 5.29. The van der Waals surface area contributed by atoms with Gasteiger partial charge in [0.2, 0.25) is 0 Å². The smallest absolute Gasteiger partial charge is 0.273 e. The Morgan fingerprint density at radius 2 is 1.54 bits per heavy atom. The number of amides is 1. The summed E-state index contributed by atoms with van der Waals surface area (Å²) >= 11 is 0. The highest BCUT2D eigenvalue weighted by Crippen LogP contribution is 2.13. The standard InChI is InChI=1S/C18H25N5O5/c1-12(20-25-4)16(22-26-5)13(2)21-28-11-14-9-7-8-10-15(14)17(23-27-6)18(24)19-3/h7-10H,11H2,1-6H3,(H,19,24)/b20-12+,21-13+,22-16?,23-17?. The summed E-state index contributed by atoms with van der Waals surface area (Å²) in [6.45, 7) is 3.49. The van der Waals surface area contributed by atoms with E-state index in [9.17, 15) is 4.79 Å². The van der Waals surface area contributed by atoms with E-state index in [1.54, 1.807) is 32.0 Å². The summed E-state index contributed by atoms with van der Waals surface area (Å²) in [5, 5.41) is 18.1. The van der Waals surface area contributed by atoms with Crippen LogP contribution < -0.4 is 5.32 Å². The van der Waals surface area contributed by atoms with Crippen LogP contribution in [0.25, 0.3) is 0 Å². The third-order valence-corrected chi connectivity index (χ3v) is 3.41. The lowest BCUT2D eigenvalue weighted by atomic mass is 10.0. The molecule has 0 unspecified atom stereocenters. The summed E-state index contributed by atoms with van der Waals surface area (Å²) in [5.41, 5.74) is 2.70. The Hall–Kier alpha value is -3.43. The molecule has 0 bridgehead atoms. The van der Waals surface area contributed by atoms with Gasteiger partial charge in [-0.2, -0.15) is 0 Å². The SMILES string of the molecule is CNC(=O)C(=NOC)c1ccccc1CO/N=C(\C)C(=NOC)/C(C)=N/OC. The van der Waals surface area contributed by atoms with Crippen LogP contribution in [0.4, 0.5) is 0 Å². The van der Waals surface area contributed by atoms with Crippen molar-refractivity contribution in [1.82, 2.24) is 5.32 Å². The van der Waals surface area contributed by atoms with Gasteiger partial charge in [-0.1, -0.05) is 44.9 Å². The fraction of sp³-hybridized carbons (Fsp3) is 0.389. The molecule has 152 valence electrons. The number of nitrogens with one attached hydrogen (secondary N) is 1. The molecule has 1 aromatic rings. The van der Waals surface area contributed by atoms with E-state index in [1.807, 2.05) is 6.07 Å². The quantitative estimate of drug-likeness (QED) is 0.481. The summed E-state index contributed by atoms with van der Waals surface area (Å²) in [7, 11) is 5.73. The molecule has 0 aliphatic heterocycles. The van der Waals surface area contributed by atoms with Crippen molar-refractivity contribution >= 4 is 28.8 Å². The minimum atomic E-state index is -0.380.